The predicted molar refractivity (Wildman–Crippen MR) is 86.0 cm³/mol. The van der Waals surface area contributed by atoms with E-state index in [1.807, 2.05) is 0 Å². The van der Waals surface area contributed by atoms with Crippen LogP contribution < -0.4 is 5.32 Å². The molecule has 23 heavy (non-hydrogen) atoms. The van der Waals surface area contributed by atoms with E-state index in [9.17, 15) is 14.9 Å². The van der Waals surface area contributed by atoms with Crippen molar-refractivity contribution in [1.82, 2.24) is 0 Å². The van der Waals surface area contributed by atoms with Gasteiger partial charge in [0.2, 0.25) is 0 Å². The van der Waals surface area contributed by atoms with Crippen LogP contribution in [-0.4, -0.2) is 43.2 Å². The van der Waals surface area contributed by atoms with Crippen LogP contribution in [0.3, 0.4) is 0 Å². The minimum absolute atomic E-state index is 0.124. The number of benzene rings is 1. The molecule has 1 fully saturated rings. The fourth-order valence-electron chi connectivity index (χ4n) is 2.48. The van der Waals surface area contributed by atoms with Gasteiger partial charge in [-0.25, -0.2) is 0 Å². The first-order valence-electron chi connectivity index (χ1n) is 7.80. The molecule has 0 aliphatic carbocycles. The van der Waals surface area contributed by atoms with Crippen molar-refractivity contribution in [2.75, 3.05) is 31.7 Å². The summed E-state index contributed by atoms with van der Waals surface area (Å²) in [6.07, 6.45) is 2.99. The van der Waals surface area contributed by atoms with Gasteiger partial charge in [0, 0.05) is 38.1 Å². The molecule has 2 rings (SSSR count). The fourth-order valence-corrected chi connectivity index (χ4v) is 2.48. The Morgan fingerprint density at radius 3 is 2.83 bits per heavy atom. The third-order valence-electron chi connectivity index (χ3n) is 3.74. The van der Waals surface area contributed by atoms with Crippen molar-refractivity contribution in [2.45, 2.75) is 32.3 Å². The lowest BCUT2D eigenvalue weighted by Crippen LogP contribution is -2.24. The Morgan fingerprint density at radius 1 is 1.43 bits per heavy atom. The maximum atomic E-state index is 11.5. The summed E-state index contributed by atoms with van der Waals surface area (Å²) in [5, 5.41) is 14.1. The molecule has 7 heteroatoms. The lowest BCUT2D eigenvalue weighted by molar-refractivity contribution is -0.385. The summed E-state index contributed by atoms with van der Waals surface area (Å²) in [7, 11) is 0. The van der Waals surface area contributed by atoms with E-state index in [1.165, 1.54) is 19.1 Å². The van der Waals surface area contributed by atoms with Gasteiger partial charge in [0.05, 0.1) is 16.6 Å². The van der Waals surface area contributed by atoms with Gasteiger partial charge in [-0.2, -0.15) is 0 Å². The summed E-state index contributed by atoms with van der Waals surface area (Å²) in [4.78, 5) is 21.9. The highest BCUT2D eigenvalue weighted by molar-refractivity contribution is 5.99. The summed E-state index contributed by atoms with van der Waals surface area (Å²) < 4.78 is 11.0. The number of carbonyl (C=O) groups excluding carboxylic acids is 1. The smallest absolute Gasteiger partial charge is 0.280 e. The first kappa shape index (κ1) is 17.4. The summed E-state index contributed by atoms with van der Waals surface area (Å²) in [5.74, 6) is -0.316. The molecule has 126 valence electrons. The van der Waals surface area contributed by atoms with E-state index >= 15 is 0 Å². The van der Waals surface area contributed by atoms with E-state index in [0.717, 1.165) is 32.5 Å². The van der Waals surface area contributed by atoms with E-state index in [0.29, 0.717) is 18.8 Å². The van der Waals surface area contributed by atoms with Crippen LogP contribution in [0.15, 0.2) is 18.2 Å². The van der Waals surface area contributed by atoms with Crippen molar-refractivity contribution < 1.29 is 19.2 Å². The minimum atomic E-state index is -0.539. The Hall–Kier alpha value is -1.99. The third kappa shape index (κ3) is 5.30. The molecular weight excluding hydrogens is 300 g/mol. The second-order valence-electron chi connectivity index (χ2n) is 5.51. The molecule has 0 spiro atoms. The second-order valence-corrected chi connectivity index (χ2v) is 5.51. The number of Topliss-reactive ketones (excluding diaryl/α,β-unsaturated/α-hetero) is 1. The van der Waals surface area contributed by atoms with Crippen LogP contribution in [-0.2, 0) is 9.47 Å². The molecule has 1 heterocycles. The van der Waals surface area contributed by atoms with Gasteiger partial charge in [-0.1, -0.05) is 0 Å². The van der Waals surface area contributed by atoms with Crippen LogP contribution in [0.1, 0.15) is 36.5 Å². The molecule has 1 aliphatic heterocycles. The molecule has 0 radical (unpaired) electrons. The summed E-state index contributed by atoms with van der Waals surface area (Å²) in [6.45, 7) is 4.19. The minimum Gasteiger partial charge on any atom is -0.385 e. The average Bonchev–Trinajstić information content (AvgIpc) is 2.55. The highest BCUT2D eigenvalue weighted by atomic mass is 16.6. The Labute approximate surface area is 135 Å². The fraction of sp³-hybridized carbons (Fsp3) is 0.562. The largest absolute Gasteiger partial charge is 0.385 e. The molecule has 0 atom stereocenters. The van der Waals surface area contributed by atoms with Gasteiger partial charge in [-0.05, 0) is 38.3 Å². The maximum Gasteiger partial charge on any atom is 0.280 e. The van der Waals surface area contributed by atoms with Crippen LogP contribution in [0.4, 0.5) is 11.4 Å². The zero-order valence-corrected chi connectivity index (χ0v) is 13.2. The predicted octanol–water partition coefficient (Wildman–Crippen LogP) is 2.80. The zero-order chi connectivity index (χ0) is 16.7. The van der Waals surface area contributed by atoms with Gasteiger partial charge in [0.15, 0.2) is 5.78 Å². The van der Waals surface area contributed by atoms with E-state index in [4.69, 9.17) is 9.47 Å². The molecule has 0 bridgehead atoms. The highest BCUT2D eigenvalue weighted by Crippen LogP contribution is 2.23. The molecule has 0 saturated carbocycles. The number of nitro groups is 1. The molecule has 1 saturated heterocycles. The maximum absolute atomic E-state index is 11.5. The van der Waals surface area contributed by atoms with Crippen LogP contribution in [0.5, 0.6) is 0 Å². The SMILES string of the molecule is CC(=O)c1cc(NCCCOC2CCOCC2)ccc1[N+](=O)[O-]. The summed E-state index contributed by atoms with van der Waals surface area (Å²) in [5.41, 5.74) is 0.663. The standard InChI is InChI=1S/C16H22N2O5/c1-12(19)15-11-13(3-4-16(15)18(20)21)17-7-2-8-23-14-5-9-22-10-6-14/h3-4,11,14,17H,2,5-10H2,1H3. The number of hydrogen-bond donors (Lipinski definition) is 1. The molecule has 7 nitrogen and oxygen atoms in total. The number of rotatable bonds is 8. The van der Waals surface area contributed by atoms with E-state index < -0.39 is 4.92 Å². The van der Waals surface area contributed by atoms with E-state index in [-0.39, 0.29) is 23.1 Å². The number of carbonyl (C=O) groups is 1. The average molecular weight is 322 g/mol. The lowest BCUT2D eigenvalue weighted by Gasteiger charge is -2.22. The first-order chi connectivity index (χ1) is 11.1. The van der Waals surface area contributed by atoms with Crippen LogP contribution in [0, 0.1) is 10.1 Å². The highest BCUT2D eigenvalue weighted by Gasteiger charge is 2.17. The Morgan fingerprint density at radius 2 is 2.17 bits per heavy atom. The number of nitrogens with one attached hydrogen (secondary N) is 1. The molecule has 1 N–H and O–H groups in total. The van der Waals surface area contributed by atoms with Crippen molar-refractivity contribution in [3.63, 3.8) is 0 Å². The number of nitrogens with zero attached hydrogens (tertiary/aromatic N) is 1. The van der Waals surface area contributed by atoms with Gasteiger partial charge in [-0.3, -0.25) is 14.9 Å². The Kier molecular flexibility index (Phi) is 6.49. The zero-order valence-electron chi connectivity index (χ0n) is 13.2. The topological polar surface area (TPSA) is 90.7 Å². The van der Waals surface area contributed by atoms with Crippen molar-refractivity contribution in [3.8, 4) is 0 Å². The number of anilines is 1. The molecule has 1 aromatic carbocycles. The number of hydrogen-bond acceptors (Lipinski definition) is 6. The van der Waals surface area contributed by atoms with E-state index in [2.05, 4.69) is 5.32 Å². The lowest BCUT2D eigenvalue weighted by atomic mass is 10.1. The Balaban J connectivity index is 1.78. The summed E-state index contributed by atoms with van der Waals surface area (Å²) >= 11 is 0. The molecule has 1 aromatic rings. The van der Waals surface area contributed by atoms with Crippen molar-refractivity contribution in [1.29, 1.82) is 0 Å². The molecule has 0 aromatic heterocycles. The van der Waals surface area contributed by atoms with Crippen molar-refractivity contribution in [2.24, 2.45) is 0 Å². The molecule has 0 amide bonds. The Bertz CT molecular complexity index is 555. The normalized spacial score (nSPS) is 15.3. The van der Waals surface area contributed by atoms with Gasteiger partial charge in [0.25, 0.3) is 5.69 Å². The second kappa shape index (κ2) is 8.59. The van der Waals surface area contributed by atoms with Gasteiger partial charge in [0.1, 0.15) is 0 Å². The van der Waals surface area contributed by atoms with Crippen LogP contribution >= 0.6 is 0 Å². The summed E-state index contributed by atoms with van der Waals surface area (Å²) in [6, 6.07) is 4.50. The van der Waals surface area contributed by atoms with Gasteiger partial charge < -0.3 is 14.8 Å². The molecule has 1 aliphatic rings. The number of ketones is 1. The van der Waals surface area contributed by atoms with E-state index in [1.54, 1.807) is 6.07 Å². The first-order valence-corrected chi connectivity index (χ1v) is 7.80. The number of nitro benzene ring substituents is 1. The van der Waals surface area contributed by atoms with Gasteiger partial charge in [-0.15, -0.1) is 0 Å². The number of ether oxygens (including phenoxy) is 2. The van der Waals surface area contributed by atoms with Gasteiger partial charge >= 0.3 is 0 Å². The monoisotopic (exact) mass is 322 g/mol. The van der Waals surface area contributed by atoms with Crippen molar-refractivity contribution in [3.05, 3.63) is 33.9 Å². The van der Waals surface area contributed by atoms with Crippen LogP contribution in [0.25, 0.3) is 0 Å². The quantitative estimate of drug-likeness (QED) is 0.342. The van der Waals surface area contributed by atoms with Crippen molar-refractivity contribution >= 4 is 17.2 Å². The third-order valence-corrected chi connectivity index (χ3v) is 3.74. The molecular formula is C16H22N2O5. The van der Waals surface area contributed by atoms with Crippen LogP contribution in [0.2, 0.25) is 0 Å². The molecule has 0 unspecified atom stereocenters.